The molecule has 0 fully saturated rings. The molecule has 0 saturated carbocycles. The minimum Gasteiger partial charge on any atom is -0.494 e. The van der Waals surface area contributed by atoms with Gasteiger partial charge in [-0.1, -0.05) is 11.6 Å². The Morgan fingerprint density at radius 2 is 2.03 bits per heavy atom. The van der Waals surface area contributed by atoms with Crippen LogP contribution in [0.15, 0.2) is 55.1 Å². The number of benzene rings is 1. The van der Waals surface area contributed by atoms with E-state index in [-0.39, 0.29) is 0 Å². The normalized spacial score (nSPS) is 11.3. The van der Waals surface area contributed by atoms with Crippen LogP contribution in [0.1, 0.15) is 0 Å². The summed E-state index contributed by atoms with van der Waals surface area (Å²) < 4.78 is 9.03. The molecule has 0 aliphatic rings. The SMILES string of the molecule is CNc1nc(-c2cnn3cccnc23)cc2c1cnn2-c1cc(Cl)ccc1OC. The van der Waals surface area contributed by atoms with Crippen molar-refractivity contribution < 1.29 is 4.74 Å². The fourth-order valence-electron chi connectivity index (χ4n) is 3.38. The van der Waals surface area contributed by atoms with E-state index in [1.165, 1.54) is 0 Å². The Morgan fingerprint density at radius 1 is 1.14 bits per heavy atom. The largest absolute Gasteiger partial charge is 0.494 e. The summed E-state index contributed by atoms with van der Waals surface area (Å²) in [7, 11) is 3.45. The van der Waals surface area contributed by atoms with Crippen LogP contribution in [-0.4, -0.2) is 43.5 Å². The number of hydrogen-bond donors (Lipinski definition) is 1. The van der Waals surface area contributed by atoms with Gasteiger partial charge in [-0.25, -0.2) is 19.2 Å². The van der Waals surface area contributed by atoms with Gasteiger partial charge in [0.2, 0.25) is 0 Å². The zero-order valence-electron chi connectivity index (χ0n) is 15.7. The Balaban J connectivity index is 1.79. The van der Waals surface area contributed by atoms with E-state index >= 15 is 0 Å². The Morgan fingerprint density at radius 3 is 2.86 bits per heavy atom. The van der Waals surface area contributed by atoms with E-state index in [1.54, 1.807) is 41.0 Å². The quantitative estimate of drug-likeness (QED) is 0.489. The number of methoxy groups -OCH3 is 1. The topological polar surface area (TPSA) is 82.2 Å². The first-order chi connectivity index (χ1) is 14.2. The van der Waals surface area contributed by atoms with E-state index in [4.69, 9.17) is 21.3 Å². The number of fused-ring (bicyclic) bond motifs is 2. The van der Waals surface area contributed by atoms with Gasteiger partial charge in [0, 0.05) is 24.5 Å². The molecular formula is C20H16ClN7O. The summed E-state index contributed by atoms with van der Waals surface area (Å²) in [6, 6.07) is 9.23. The fourth-order valence-corrected chi connectivity index (χ4v) is 3.55. The number of ether oxygens (including phenoxy) is 1. The van der Waals surface area contributed by atoms with E-state index in [0.29, 0.717) is 16.6 Å². The third-order valence-electron chi connectivity index (χ3n) is 4.73. The molecule has 144 valence electrons. The standard InChI is InChI=1S/C20H16ClN7O/c1-22-19-14-11-25-28(17-8-12(21)4-5-18(17)29-2)16(14)9-15(26-19)13-10-24-27-7-3-6-23-20(13)27/h3-11H,1-2H3,(H,22,26). The number of hydrogen-bond acceptors (Lipinski definition) is 6. The molecule has 0 saturated heterocycles. The molecule has 0 atom stereocenters. The van der Waals surface area contributed by atoms with Gasteiger partial charge in [-0.05, 0) is 30.3 Å². The minimum atomic E-state index is 0.597. The zero-order valence-corrected chi connectivity index (χ0v) is 16.4. The second-order valence-electron chi connectivity index (χ2n) is 6.36. The van der Waals surface area contributed by atoms with Crippen LogP contribution in [0.5, 0.6) is 5.75 Å². The number of anilines is 1. The monoisotopic (exact) mass is 405 g/mol. The van der Waals surface area contributed by atoms with Crippen LogP contribution in [-0.2, 0) is 0 Å². The molecule has 29 heavy (non-hydrogen) atoms. The lowest BCUT2D eigenvalue weighted by molar-refractivity contribution is 0.412. The average Bonchev–Trinajstić information content (AvgIpc) is 3.37. The smallest absolute Gasteiger partial charge is 0.164 e. The molecular weight excluding hydrogens is 390 g/mol. The number of rotatable bonds is 4. The van der Waals surface area contributed by atoms with Crippen LogP contribution in [0.3, 0.4) is 0 Å². The maximum atomic E-state index is 6.24. The number of halogens is 1. The van der Waals surface area contributed by atoms with Crippen molar-refractivity contribution in [3.05, 3.63) is 60.1 Å². The van der Waals surface area contributed by atoms with E-state index in [0.717, 1.165) is 33.5 Å². The zero-order chi connectivity index (χ0) is 20.0. The van der Waals surface area contributed by atoms with Gasteiger partial charge in [0.15, 0.2) is 5.65 Å². The Labute approximate surface area is 170 Å². The van der Waals surface area contributed by atoms with Gasteiger partial charge >= 0.3 is 0 Å². The Hall–Kier alpha value is -3.65. The Bertz CT molecular complexity index is 1360. The van der Waals surface area contributed by atoms with Crippen molar-refractivity contribution in [3.8, 4) is 22.7 Å². The van der Waals surface area contributed by atoms with Crippen molar-refractivity contribution in [1.29, 1.82) is 0 Å². The van der Waals surface area contributed by atoms with Gasteiger partial charge in [0.05, 0.1) is 41.7 Å². The van der Waals surface area contributed by atoms with Gasteiger partial charge in [0.25, 0.3) is 0 Å². The van der Waals surface area contributed by atoms with Crippen molar-refractivity contribution in [2.45, 2.75) is 0 Å². The summed E-state index contributed by atoms with van der Waals surface area (Å²) in [6.07, 6.45) is 7.12. The summed E-state index contributed by atoms with van der Waals surface area (Å²) >= 11 is 6.24. The van der Waals surface area contributed by atoms with Gasteiger partial charge in [-0.15, -0.1) is 0 Å². The van der Waals surface area contributed by atoms with Gasteiger partial charge < -0.3 is 10.1 Å². The molecule has 5 aromatic rings. The fraction of sp³-hybridized carbons (Fsp3) is 0.100. The second kappa shape index (κ2) is 6.75. The molecule has 0 aliphatic carbocycles. The first-order valence-corrected chi connectivity index (χ1v) is 9.26. The molecule has 0 bridgehead atoms. The van der Waals surface area contributed by atoms with Crippen LogP contribution < -0.4 is 10.1 Å². The highest BCUT2D eigenvalue weighted by Crippen LogP contribution is 2.33. The summed E-state index contributed by atoms with van der Waals surface area (Å²) in [5.74, 6) is 1.38. The summed E-state index contributed by atoms with van der Waals surface area (Å²) in [6.45, 7) is 0. The lowest BCUT2D eigenvalue weighted by Crippen LogP contribution is -2.01. The molecule has 4 heterocycles. The van der Waals surface area contributed by atoms with Crippen molar-refractivity contribution in [3.63, 3.8) is 0 Å². The molecule has 0 unspecified atom stereocenters. The first kappa shape index (κ1) is 17.4. The summed E-state index contributed by atoms with van der Waals surface area (Å²) in [5, 5.41) is 13.6. The molecule has 0 radical (unpaired) electrons. The maximum Gasteiger partial charge on any atom is 0.164 e. The molecule has 1 N–H and O–H groups in total. The second-order valence-corrected chi connectivity index (χ2v) is 6.79. The summed E-state index contributed by atoms with van der Waals surface area (Å²) in [5.41, 5.74) is 3.89. The molecule has 5 rings (SSSR count). The molecule has 8 nitrogen and oxygen atoms in total. The maximum absolute atomic E-state index is 6.24. The van der Waals surface area contributed by atoms with Crippen molar-refractivity contribution >= 4 is 34.0 Å². The van der Waals surface area contributed by atoms with Gasteiger partial charge in [0.1, 0.15) is 17.3 Å². The lowest BCUT2D eigenvalue weighted by Gasteiger charge is -2.11. The molecule has 0 spiro atoms. The third-order valence-corrected chi connectivity index (χ3v) is 4.96. The number of pyridine rings is 1. The third kappa shape index (κ3) is 2.76. The minimum absolute atomic E-state index is 0.597. The van der Waals surface area contributed by atoms with Crippen molar-refractivity contribution in [2.75, 3.05) is 19.5 Å². The van der Waals surface area contributed by atoms with E-state index in [1.807, 2.05) is 37.5 Å². The highest BCUT2D eigenvalue weighted by molar-refractivity contribution is 6.30. The van der Waals surface area contributed by atoms with E-state index in [2.05, 4.69) is 20.5 Å². The molecule has 4 aromatic heterocycles. The highest BCUT2D eigenvalue weighted by atomic mass is 35.5. The first-order valence-electron chi connectivity index (χ1n) is 8.89. The number of nitrogens with one attached hydrogen (secondary N) is 1. The molecule has 0 aliphatic heterocycles. The molecule has 1 aromatic carbocycles. The van der Waals surface area contributed by atoms with E-state index in [9.17, 15) is 0 Å². The van der Waals surface area contributed by atoms with Crippen LogP contribution in [0.25, 0.3) is 33.5 Å². The van der Waals surface area contributed by atoms with E-state index < -0.39 is 0 Å². The molecule has 9 heteroatoms. The number of nitrogens with zero attached hydrogens (tertiary/aromatic N) is 6. The van der Waals surface area contributed by atoms with Gasteiger partial charge in [-0.2, -0.15) is 10.2 Å². The number of aromatic nitrogens is 6. The average molecular weight is 406 g/mol. The predicted molar refractivity (Wildman–Crippen MR) is 112 cm³/mol. The highest BCUT2D eigenvalue weighted by Gasteiger charge is 2.17. The predicted octanol–water partition coefficient (Wildman–Crippen LogP) is 3.83. The van der Waals surface area contributed by atoms with Crippen LogP contribution in [0.2, 0.25) is 5.02 Å². The van der Waals surface area contributed by atoms with Crippen molar-refractivity contribution in [1.82, 2.24) is 29.4 Å². The van der Waals surface area contributed by atoms with Crippen LogP contribution >= 0.6 is 11.6 Å². The van der Waals surface area contributed by atoms with Crippen molar-refractivity contribution in [2.24, 2.45) is 0 Å². The lowest BCUT2D eigenvalue weighted by atomic mass is 10.1. The van der Waals surface area contributed by atoms with Crippen LogP contribution in [0, 0.1) is 0 Å². The van der Waals surface area contributed by atoms with Crippen LogP contribution in [0.4, 0.5) is 5.82 Å². The Kier molecular flexibility index (Phi) is 4.06. The van der Waals surface area contributed by atoms with Gasteiger partial charge in [-0.3, -0.25) is 0 Å². The molecule has 0 amide bonds. The summed E-state index contributed by atoms with van der Waals surface area (Å²) in [4.78, 5) is 9.20.